The quantitative estimate of drug-likeness (QED) is 0.192. The Morgan fingerprint density at radius 1 is 0.881 bits per heavy atom. The van der Waals surface area contributed by atoms with Gasteiger partial charge < -0.3 is 9.84 Å². The number of nitrogens with one attached hydrogen (secondary N) is 1. The van der Waals surface area contributed by atoms with Crippen LogP contribution >= 0.6 is 0 Å². The smallest absolute Gasteiger partial charge is 0.330 e. The first-order chi connectivity index (χ1) is 20.2. The van der Waals surface area contributed by atoms with Crippen molar-refractivity contribution >= 4 is 8.07 Å². The Morgan fingerprint density at radius 3 is 1.88 bits per heavy atom. The summed E-state index contributed by atoms with van der Waals surface area (Å²) in [5.74, 6) is 6.12. The molecule has 1 saturated heterocycles. The second-order valence-electron chi connectivity index (χ2n) is 11.9. The Hall–Kier alpha value is -4.00. The van der Waals surface area contributed by atoms with Crippen LogP contribution in [0.25, 0.3) is 0 Å². The molecule has 1 aliphatic rings. The molecule has 2 atom stereocenters. The molecule has 1 aliphatic heterocycles. The zero-order valence-electron chi connectivity index (χ0n) is 24.3. The summed E-state index contributed by atoms with van der Waals surface area (Å²) in [6.07, 6.45) is 0.128. The van der Waals surface area contributed by atoms with E-state index < -0.39 is 37.2 Å². The normalized spacial score (nSPS) is 17.8. The van der Waals surface area contributed by atoms with Crippen molar-refractivity contribution in [3.05, 3.63) is 140 Å². The van der Waals surface area contributed by atoms with Crippen molar-refractivity contribution in [1.82, 2.24) is 14.5 Å². The molecule has 1 fully saturated rings. The van der Waals surface area contributed by atoms with Gasteiger partial charge in [-0.15, -0.1) is 5.92 Å². The van der Waals surface area contributed by atoms with Crippen LogP contribution in [0.4, 0.5) is 0 Å². The average Bonchev–Trinajstić information content (AvgIpc) is 2.99. The molecular weight excluding hydrogens is 542 g/mol. The van der Waals surface area contributed by atoms with Crippen LogP contribution in [0.3, 0.4) is 0 Å². The van der Waals surface area contributed by atoms with Crippen molar-refractivity contribution in [2.75, 3.05) is 19.7 Å². The summed E-state index contributed by atoms with van der Waals surface area (Å²) in [7, 11) is -1.44. The van der Waals surface area contributed by atoms with Gasteiger partial charge in [-0.3, -0.25) is 19.2 Å². The Morgan fingerprint density at radius 2 is 1.40 bits per heavy atom. The van der Waals surface area contributed by atoms with Gasteiger partial charge in [0.1, 0.15) is 5.56 Å². The molecule has 0 saturated carbocycles. The second-order valence-corrected chi connectivity index (χ2v) is 17.3. The molecule has 2 N–H and O–H groups in total. The summed E-state index contributed by atoms with van der Waals surface area (Å²) in [5, 5.41) is 10.4. The van der Waals surface area contributed by atoms with Gasteiger partial charge >= 0.3 is 5.69 Å². The fourth-order valence-electron chi connectivity index (χ4n) is 5.62. The largest absolute Gasteiger partial charge is 0.394 e. The molecule has 42 heavy (non-hydrogen) atoms. The molecule has 0 radical (unpaired) electrons. The predicted molar refractivity (Wildman–Crippen MR) is 168 cm³/mol. The van der Waals surface area contributed by atoms with Crippen LogP contribution in [0.1, 0.15) is 28.5 Å². The maximum atomic E-state index is 13.2. The van der Waals surface area contributed by atoms with Gasteiger partial charge in [0.2, 0.25) is 0 Å². The lowest BCUT2D eigenvalue weighted by Crippen LogP contribution is -2.58. The van der Waals surface area contributed by atoms with Gasteiger partial charge in [0.05, 0.1) is 26.3 Å². The van der Waals surface area contributed by atoms with E-state index in [2.05, 4.69) is 77.8 Å². The lowest BCUT2D eigenvalue weighted by Gasteiger charge is -2.50. The van der Waals surface area contributed by atoms with Crippen LogP contribution in [0.15, 0.2) is 107 Å². The highest BCUT2D eigenvalue weighted by Gasteiger charge is 2.46. The van der Waals surface area contributed by atoms with Gasteiger partial charge in [-0.25, -0.2) is 4.79 Å². The van der Waals surface area contributed by atoms with Crippen molar-refractivity contribution in [2.24, 2.45) is 0 Å². The first-order valence-corrected chi connectivity index (χ1v) is 18.0. The van der Waals surface area contributed by atoms with E-state index in [4.69, 9.17) is 4.74 Å². The van der Waals surface area contributed by atoms with Crippen molar-refractivity contribution in [2.45, 2.75) is 43.6 Å². The zero-order chi connectivity index (χ0) is 29.7. The number of benzene rings is 3. The van der Waals surface area contributed by atoms with Crippen LogP contribution in [0.2, 0.25) is 25.7 Å². The summed E-state index contributed by atoms with van der Waals surface area (Å²) >= 11 is 0. The first-order valence-electron chi connectivity index (χ1n) is 14.2. The van der Waals surface area contributed by atoms with E-state index in [9.17, 15) is 14.7 Å². The van der Waals surface area contributed by atoms with E-state index in [1.807, 2.05) is 54.6 Å². The fourth-order valence-corrected chi connectivity index (χ4v) is 6.24. The molecule has 3 aromatic carbocycles. The highest BCUT2D eigenvalue weighted by Crippen LogP contribution is 2.44. The number of nitrogens with zero attached hydrogens (tertiary/aromatic N) is 2. The number of hydrogen-bond donors (Lipinski definition) is 2. The number of aliphatic hydroxyl groups excluding tert-OH is 1. The first kappa shape index (κ1) is 29.5. The van der Waals surface area contributed by atoms with Crippen LogP contribution in [0, 0.1) is 11.8 Å². The van der Waals surface area contributed by atoms with Gasteiger partial charge in [-0.05, 0) is 16.7 Å². The summed E-state index contributed by atoms with van der Waals surface area (Å²) < 4.78 is 7.70. The third kappa shape index (κ3) is 6.10. The molecule has 0 amide bonds. The minimum atomic E-state index is -1.44. The molecule has 2 heterocycles. The van der Waals surface area contributed by atoms with Crippen molar-refractivity contribution < 1.29 is 9.84 Å². The van der Waals surface area contributed by atoms with Crippen LogP contribution in [-0.4, -0.2) is 53.4 Å². The number of aromatic amines is 1. The van der Waals surface area contributed by atoms with Crippen molar-refractivity contribution in [1.29, 1.82) is 0 Å². The number of hydrogen-bond acceptors (Lipinski definition) is 5. The Labute approximate surface area is 247 Å². The topological polar surface area (TPSA) is 87.6 Å². The molecule has 2 unspecified atom stereocenters. The van der Waals surface area contributed by atoms with Crippen molar-refractivity contribution in [3.8, 4) is 11.8 Å². The predicted octanol–water partition coefficient (Wildman–Crippen LogP) is 4.41. The summed E-state index contributed by atoms with van der Waals surface area (Å²) in [4.78, 5) is 30.6. The number of ether oxygens (including phenoxy) is 1. The van der Waals surface area contributed by atoms with Gasteiger partial charge in [0, 0.05) is 25.3 Å². The maximum Gasteiger partial charge on any atom is 0.330 e. The molecular formula is C34H37N3O4Si. The van der Waals surface area contributed by atoms with Gasteiger partial charge in [-0.2, -0.15) is 0 Å². The molecule has 8 heteroatoms. The minimum absolute atomic E-state index is 0.217. The Kier molecular flexibility index (Phi) is 8.76. The highest BCUT2D eigenvalue weighted by atomic mass is 28.3. The molecule has 4 aromatic rings. The van der Waals surface area contributed by atoms with Gasteiger partial charge in [0.15, 0.2) is 6.23 Å². The maximum absolute atomic E-state index is 13.2. The van der Waals surface area contributed by atoms with E-state index in [0.29, 0.717) is 13.1 Å². The highest BCUT2D eigenvalue weighted by molar-refractivity contribution is 6.76. The average molecular weight is 580 g/mol. The summed E-state index contributed by atoms with van der Waals surface area (Å²) in [6, 6.07) is 31.5. The fraction of sp³-hybridized carbons (Fsp3) is 0.294. The zero-order valence-corrected chi connectivity index (χ0v) is 25.3. The Balaban J connectivity index is 1.67. The lowest BCUT2D eigenvalue weighted by atomic mass is 9.75. The van der Waals surface area contributed by atoms with E-state index in [1.54, 1.807) is 0 Å². The molecule has 0 aliphatic carbocycles. The molecule has 0 bridgehead atoms. The number of aliphatic hydroxyl groups is 1. The SMILES string of the molecule is C[Si](C)(C)CC#Cc1cn(C2CN(C(c3ccccc3)(c3ccccc3)c3ccccc3)CC(CO)O2)c(=O)[nH]c1=O. The molecule has 0 spiro atoms. The second kappa shape index (κ2) is 12.5. The van der Waals surface area contributed by atoms with E-state index in [1.165, 1.54) is 10.8 Å². The van der Waals surface area contributed by atoms with Gasteiger partial charge in [-0.1, -0.05) is 117 Å². The third-order valence-corrected chi connectivity index (χ3v) is 8.76. The number of rotatable bonds is 7. The third-order valence-electron chi connectivity index (χ3n) is 7.52. The van der Waals surface area contributed by atoms with Crippen LogP contribution in [-0.2, 0) is 10.3 Å². The van der Waals surface area contributed by atoms with E-state index in [-0.39, 0.29) is 12.2 Å². The lowest BCUT2D eigenvalue weighted by molar-refractivity contribution is -0.151. The minimum Gasteiger partial charge on any atom is -0.394 e. The molecule has 1 aromatic heterocycles. The monoisotopic (exact) mass is 579 g/mol. The van der Waals surface area contributed by atoms with Crippen LogP contribution in [0.5, 0.6) is 0 Å². The van der Waals surface area contributed by atoms with E-state index >= 15 is 0 Å². The number of morpholine rings is 1. The summed E-state index contributed by atoms with van der Waals surface area (Å²) in [5.41, 5.74) is 1.51. The van der Waals surface area contributed by atoms with Crippen LogP contribution < -0.4 is 11.2 Å². The molecule has 5 rings (SSSR count). The van der Waals surface area contributed by atoms with Crippen molar-refractivity contribution in [3.63, 3.8) is 0 Å². The summed E-state index contributed by atoms with van der Waals surface area (Å²) in [6.45, 7) is 7.12. The standard InChI is InChI=1S/C34H37N3O4Si/c1-42(2,3)21-13-14-26-22-37(33(40)35-32(26)39)31-24-36(23-30(25-38)41-31)34(27-15-7-4-8-16-27,28-17-9-5-10-18-28)29-19-11-6-12-20-29/h4-12,15-20,22,30-31,38H,21,23-25H2,1-3H3,(H,35,39,40). The number of H-pyrrole nitrogens is 1. The molecule has 216 valence electrons. The van der Waals surface area contributed by atoms with Gasteiger partial charge in [0.25, 0.3) is 5.56 Å². The number of aromatic nitrogens is 2. The molecule has 7 nitrogen and oxygen atoms in total. The Bertz CT molecular complexity index is 1570. The van der Waals surface area contributed by atoms with E-state index in [0.717, 1.165) is 22.7 Å².